The molecule has 2 rings (SSSR count). The summed E-state index contributed by atoms with van der Waals surface area (Å²) in [6, 6.07) is 13.6. The number of aliphatic imine (C=N–C) groups is 1. The summed E-state index contributed by atoms with van der Waals surface area (Å²) in [7, 11) is 3.30. The number of benzene rings is 2. The standard InChI is InChI=1S/C23H32N4O3.HI/c1-16(28)27-19-13-17(11-12-21(19)29-6)14-25-22(24-5)26-15-18-9-7-8-10-20(18)30-23(2,3)4;/h7-13H,14-15H2,1-6H3,(H,27,28)(H2,24,25,26);1H. The fourth-order valence-electron chi connectivity index (χ4n) is 2.82. The summed E-state index contributed by atoms with van der Waals surface area (Å²) >= 11 is 0. The molecule has 170 valence electrons. The lowest BCUT2D eigenvalue weighted by atomic mass is 10.1. The van der Waals surface area contributed by atoms with E-state index >= 15 is 0 Å². The molecule has 7 nitrogen and oxygen atoms in total. The molecule has 0 aliphatic heterocycles. The van der Waals surface area contributed by atoms with E-state index < -0.39 is 0 Å². The molecule has 0 bridgehead atoms. The van der Waals surface area contributed by atoms with Crippen LogP contribution < -0.4 is 25.4 Å². The number of halogens is 1. The zero-order valence-electron chi connectivity index (χ0n) is 19.0. The number of ether oxygens (including phenoxy) is 2. The summed E-state index contributed by atoms with van der Waals surface area (Å²) in [6.45, 7) is 8.67. The number of hydrogen-bond acceptors (Lipinski definition) is 4. The number of rotatable bonds is 7. The summed E-state index contributed by atoms with van der Waals surface area (Å²) in [5.41, 5.74) is 2.41. The topological polar surface area (TPSA) is 84.0 Å². The minimum absolute atomic E-state index is 0. The molecule has 2 aromatic rings. The number of carbonyl (C=O) groups excluding carboxylic acids is 1. The fraction of sp³-hybridized carbons (Fsp3) is 0.391. The van der Waals surface area contributed by atoms with Crippen molar-refractivity contribution >= 4 is 41.5 Å². The minimum Gasteiger partial charge on any atom is -0.495 e. The van der Waals surface area contributed by atoms with E-state index in [1.54, 1.807) is 14.2 Å². The molecule has 0 aliphatic rings. The second-order valence-corrected chi connectivity index (χ2v) is 7.82. The van der Waals surface area contributed by atoms with Crippen LogP contribution in [0, 0.1) is 0 Å². The zero-order valence-corrected chi connectivity index (χ0v) is 21.4. The molecule has 0 saturated heterocycles. The second-order valence-electron chi connectivity index (χ2n) is 7.82. The summed E-state index contributed by atoms with van der Waals surface area (Å²) in [4.78, 5) is 15.7. The van der Waals surface area contributed by atoms with E-state index in [-0.39, 0.29) is 35.5 Å². The van der Waals surface area contributed by atoms with Gasteiger partial charge in [-0.15, -0.1) is 24.0 Å². The fourth-order valence-corrected chi connectivity index (χ4v) is 2.82. The molecule has 8 heteroatoms. The molecule has 0 spiro atoms. The number of nitrogens with zero attached hydrogens (tertiary/aromatic N) is 1. The molecule has 0 unspecified atom stereocenters. The van der Waals surface area contributed by atoms with E-state index in [2.05, 4.69) is 20.9 Å². The largest absolute Gasteiger partial charge is 0.495 e. The molecule has 0 aromatic heterocycles. The number of nitrogens with one attached hydrogen (secondary N) is 3. The SMILES string of the molecule is CN=C(NCc1ccc(OC)c(NC(C)=O)c1)NCc1ccccc1OC(C)(C)C.I. The highest BCUT2D eigenvalue weighted by Crippen LogP contribution is 2.25. The molecule has 0 saturated carbocycles. The third-order valence-electron chi connectivity index (χ3n) is 4.09. The monoisotopic (exact) mass is 540 g/mol. The normalized spacial score (nSPS) is 11.2. The quantitative estimate of drug-likeness (QED) is 0.277. The average molecular weight is 540 g/mol. The average Bonchev–Trinajstić information content (AvgIpc) is 2.68. The van der Waals surface area contributed by atoms with Crippen LogP contribution in [0.3, 0.4) is 0 Å². The van der Waals surface area contributed by atoms with Crippen LogP contribution in [0.25, 0.3) is 0 Å². The van der Waals surface area contributed by atoms with Crippen LogP contribution in [-0.4, -0.2) is 31.6 Å². The summed E-state index contributed by atoms with van der Waals surface area (Å²) < 4.78 is 11.3. The third kappa shape index (κ3) is 9.04. The van der Waals surface area contributed by atoms with E-state index in [9.17, 15) is 4.79 Å². The first kappa shape index (κ1) is 26.5. The van der Waals surface area contributed by atoms with E-state index in [1.165, 1.54) is 6.92 Å². The molecular weight excluding hydrogens is 507 g/mol. The number of carbonyl (C=O) groups is 1. The molecule has 2 aromatic carbocycles. The van der Waals surface area contributed by atoms with Crippen molar-refractivity contribution in [2.24, 2.45) is 4.99 Å². The van der Waals surface area contributed by atoms with Crippen molar-refractivity contribution in [1.29, 1.82) is 0 Å². The van der Waals surface area contributed by atoms with Crippen LogP contribution in [0.15, 0.2) is 47.5 Å². The van der Waals surface area contributed by atoms with Crippen LogP contribution in [0.1, 0.15) is 38.8 Å². The predicted molar refractivity (Wildman–Crippen MR) is 137 cm³/mol. The number of guanidine groups is 1. The molecule has 0 aliphatic carbocycles. The highest BCUT2D eigenvalue weighted by molar-refractivity contribution is 14.0. The van der Waals surface area contributed by atoms with Crippen molar-refractivity contribution in [1.82, 2.24) is 10.6 Å². The lowest BCUT2D eigenvalue weighted by Gasteiger charge is -2.23. The number of hydrogen-bond donors (Lipinski definition) is 3. The molecule has 3 N–H and O–H groups in total. The minimum atomic E-state index is -0.268. The summed E-state index contributed by atoms with van der Waals surface area (Å²) in [5, 5.41) is 9.39. The van der Waals surface area contributed by atoms with Crippen LogP contribution in [0.4, 0.5) is 5.69 Å². The Morgan fingerprint density at radius 1 is 1.03 bits per heavy atom. The van der Waals surface area contributed by atoms with Crippen LogP contribution >= 0.6 is 24.0 Å². The molecule has 31 heavy (non-hydrogen) atoms. The van der Waals surface area contributed by atoms with Gasteiger partial charge in [0.1, 0.15) is 17.1 Å². The van der Waals surface area contributed by atoms with Gasteiger partial charge in [0.15, 0.2) is 5.96 Å². The van der Waals surface area contributed by atoms with Crippen molar-refractivity contribution in [2.45, 2.75) is 46.4 Å². The van der Waals surface area contributed by atoms with Gasteiger partial charge in [-0.1, -0.05) is 24.3 Å². The Bertz CT molecular complexity index is 895. The van der Waals surface area contributed by atoms with E-state index in [1.807, 2.05) is 63.2 Å². The Kier molecular flexibility index (Phi) is 10.6. The maximum Gasteiger partial charge on any atom is 0.221 e. The first-order valence-corrected chi connectivity index (χ1v) is 9.88. The summed E-state index contributed by atoms with van der Waals surface area (Å²) in [6.07, 6.45) is 0. The number of anilines is 1. The molecule has 0 fully saturated rings. The van der Waals surface area contributed by atoms with Gasteiger partial charge >= 0.3 is 0 Å². The van der Waals surface area contributed by atoms with Gasteiger partial charge in [0, 0.05) is 32.6 Å². The van der Waals surface area contributed by atoms with Gasteiger partial charge < -0.3 is 25.4 Å². The van der Waals surface area contributed by atoms with Crippen molar-refractivity contribution in [2.75, 3.05) is 19.5 Å². The lowest BCUT2D eigenvalue weighted by molar-refractivity contribution is -0.114. The van der Waals surface area contributed by atoms with Crippen molar-refractivity contribution in [3.8, 4) is 11.5 Å². The van der Waals surface area contributed by atoms with Crippen molar-refractivity contribution < 1.29 is 14.3 Å². The lowest BCUT2D eigenvalue weighted by Crippen LogP contribution is -2.36. The van der Waals surface area contributed by atoms with E-state index in [0.29, 0.717) is 30.5 Å². The van der Waals surface area contributed by atoms with Crippen molar-refractivity contribution in [3.63, 3.8) is 0 Å². The van der Waals surface area contributed by atoms with E-state index in [0.717, 1.165) is 16.9 Å². The first-order chi connectivity index (χ1) is 14.2. The van der Waals surface area contributed by atoms with Gasteiger partial charge in [-0.3, -0.25) is 9.79 Å². The maximum absolute atomic E-state index is 11.4. The van der Waals surface area contributed by atoms with Crippen molar-refractivity contribution in [3.05, 3.63) is 53.6 Å². The van der Waals surface area contributed by atoms with Gasteiger partial charge in [-0.05, 0) is 44.5 Å². The van der Waals surface area contributed by atoms with Gasteiger partial charge in [0.2, 0.25) is 5.91 Å². The van der Waals surface area contributed by atoms with Gasteiger partial charge in [-0.25, -0.2) is 0 Å². The van der Waals surface area contributed by atoms with Crippen LogP contribution in [-0.2, 0) is 17.9 Å². The van der Waals surface area contributed by atoms with Gasteiger partial charge in [0.25, 0.3) is 0 Å². The third-order valence-corrected chi connectivity index (χ3v) is 4.09. The first-order valence-electron chi connectivity index (χ1n) is 9.88. The molecule has 0 atom stereocenters. The van der Waals surface area contributed by atoms with E-state index in [4.69, 9.17) is 9.47 Å². The summed E-state index contributed by atoms with van der Waals surface area (Å²) in [5.74, 6) is 1.99. The van der Waals surface area contributed by atoms with Gasteiger partial charge in [-0.2, -0.15) is 0 Å². The number of methoxy groups -OCH3 is 1. The smallest absolute Gasteiger partial charge is 0.221 e. The Labute approximate surface area is 202 Å². The molecule has 1 amide bonds. The Balaban J connectivity index is 0.00000480. The molecule has 0 heterocycles. The molecule has 0 radical (unpaired) electrons. The molecular formula is C23H33IN4O3. The zero-order chi connectivity index (χ0) is 22.1. The maximum atomic E-state index is 11.4. The Hall–Kier alpha value is -2.49. The van der Waals surface area contributed by atoms with Gasteiger partial charge in [0.05, 0.1) is 12.8 Å². The Morgan fingerprint density at radius 3 is 2.32 bits per heavy atom. The number of amides is 1. The Morgan fingerprint density at radius 2 is 1.71 bits per heavy atom. The highest BCUT2D eigenvalue weighted by atomic mass is 127. The van der Waals surface area contributed by atoms with Crippen LogP contribution in [0.5, 0.6) is 11.5 Å². The number of para-hydroxylation sites is 1. The highest BCUT2D eigenvalue weighted by Gasteiger charge is 2.14. The second kappa shape index (κ2) is 12.4. The predicted octanol–water partition coefficient (Wildman–Crippen LogP) is 4.31. The van der Waals surface area contributed by atoms with Crippen LogP contribution in [0.2, 0.25) is 0 Å².